The summed E-state index contributed by atoms with van der Waals surface area (Å²) in [6.07, 6.45) is 8.72. The van der Waals surface area contributed by atoms with E-state index in [0.29, 0.717) is 6.04 Å². The zero-order valence-corrected chi connectivity index (χ0v) is 13.2. The van der Waals surface area contributed by atoms with Gasteiger partial charge in [0.2, 0.25) is 0 Å². The molecule has 1 aromatic carbocycles. The molecule has 3 rings (SSSR count). The molecule has 1 heterocycles. The molecule has 0 amide bonds. The molecule has 1 fully saturated rings. The van der Waals surface area contributed by atoms with Gasteiger partial charge in [0, 0.05) is 17.6 Å². The second kappa shape index (κ2) is 6.57. The van der Waals surface area contributed by atoms with E-state index in [-0.39, 0.29) is 0 Å². The molecule has 2 heteroatoms. The molecule has 1 N–H and O–H groups in total. The van der Waals surface area contributed by atoms with Crippen molar-refractivity contribution in [3.05, 3.63) is 42.1 Å². The fraction of sp³-hybridized carbons (Fsp3) is 0.526. The highest BCUT2D eigenvalue weighted by Gasteiger charge is 2.27. The van der Waals surface area contributed by atoms with Gasteiger partial charge in [-0.05, 0) is 55.5 Å². The predicted molar refractivity (Wildman–Crippen MR) is 89.3 cm³/mol. The second-order valence-corrected chi connectivity index (χ2v) is 6.42. The van der Waals surface area contributed by atoms with Crippen molar-refractivity contribution >= 4 is 10.9 Å². The normalized spacial score (nSPS) is 24.1. The van der Waals surface area contributed by atoms with Gasteiger partial charge in [-0.3, -0.25) is 4.98 Å². The van der Waals surface area contributed by atoms with Crippen molar-refractivity contribution in [2.24, 2.45) is 11.8 Å². The fourth-order valence-corrected chi connectivity index (χ4v) is 3.97. The fourth-order valence-electron chi connectivity index (χ4n) is 3.97. The SMILES string of the molecule is CCC1CCCC(C(NC)c2ccc3ncccc3c2)C1. The van der Waals surface area contributed by atoms with Crippen LogP contribution in [-0.4, -0.2) is 12.0 Å². The minimum atomic E-state index is 0.476. The standard InChI is InChI=1S/C19H26N2/c1-3-14-6-4-7-16(12-14)19(20-2)17-9-10-18-15(13-17)8-5-11-21-18/h5,8-11,13-14,16,19-20H,3-4,6-7,12H2,1-2H3. The lowest BCUT2D eigenvalue weighted by atomic mass is 9.75. The molecule has 0 aliphatic heterocycles. The lowest BCUT2D eigenvalue weighted by molar-refractivity contribution is 0.215. The van der Waals surface area contributed by atoms with E-state index in [1.807, 2.05) is 12.3 Å². The van der Waals surface area contributed by atoms with Crippen LogP contribution in [0.5, 0.6) is 0 Å². The summed E-state index contributed by atoms with van der Waals surface area (Å²) in [6, 6.07) is 11.4. The molecule has 3 atom stereocenters. The lowest BCUT2D eigenvalue weighted by Gasteiger charge is -2.34. The topological polar surface area (TPSA) is 24.9 Å². The van der Waals surface area contributed by atoms with Crippen LogP contribution < -0.4 is 5.32 Å². The molecule has 0 saturated heterocycles. The van der Waals surface area contributed by atoms with Crippen LogP contribution >= 0.6 is 0 Å². The quantitative estimate of drug-likeness (QED) is 0.878. The molecule has 0 radical (unpaired) electrons. The first kappa shape index (κ1) is 14.5. The van der Waals surface area contributed by atoms with Crippen LogP contribution in [0.4, 0.5) is 0 Å². The molecule has 1 aliphatic carbocycles. The number of aromatic nitrogens is 1. The van der Waals surface area contributed by atoms with Crippen molar-refractivity contribution in [1.29, 1.82) is 0 Å². The van der Waals surface area contributed by atoms with Crippen molar-refractivity contribution in [3.8, 4) is 0 Å². The number of pyridine rings is 1. The summed E-state index contributed by atoms with van der Waals surface area (Å²) >= 11 is 0. The highest BCUT2D eigenvalue weighted by atomic mass is 14.9. The summed E-state index contributed by atoms with van der Waals surface area (Å²) in [5.74, 6) is 1.68. The highest BCUT2D eigenvalue weighted by molar-refractivity contribution is 5.79. The third-order valence-corrected chi connectivity index (χ3v) is 5.17. The van der Waals surface area contributed by atoms with Crippen LogP contribution in [0.15, 0.2) is 36.5 Å². The third-order valence-electron chi connectivity index (χ3n) is 5.17. The Bertz CT molecular complexity index is 593. The number of nitrogens with one attached hydrogen (secondary N) is 1. The number of rotatable bonds is 4. The van der Waals surface area contributed by atoms with Crippen molar-refractivity contribution in [3.63, 3.8) is 0 Å². The van der Waals surface area contributed by atoms with Crippen molar-refractivity contribution in [2.45, 2.75) is 45.1 Å². The smallest absolute Gasteiger partial charge is 0.0702 e. The molecule has 0 bridgehead atoms. The Morgan fingerprint density at radius 1 is 1.29 bits per heavy atom. The largest absolute Gasteiger partial charge is 0.313 e. The summed E-state index contributed by atoms with van der Waals surface area (Å²) in [4.78, 5) is 4.42. The van der Waals surface area contributed by atoms with E-state index in [1.165, 1.54) is 43.1 Å². The summed E-state index contributed by atoms with van der Waals surface area (Å²) < 4.78 is 0. The van der Waals surface area contributed by atoms with E-state index < -0.39 is 0 Å². The molecule has 2 nitrogen and oxygen atoms in total. The van der Waals surface area contributed by atoms with Crippen LogP contribution in [0.3, 0.4) is 0 Å². The Hall–Kier alpha value is -1.41. The summed E-state index contributed by atoms with van der Waals surface area (Å²) in [5, 5.41) is 4.83. The van der Waals surface area contributed by atoms with E-state index in [9.17, 15) is 0 Å². The van der Waals surface area contributed by atoms with E-state index in [1.54, 1.807) is 0 Å². The average Bonchev–Trinajstić information content (AvgIpc) is 2.56. The van der Waals surface area contributed by atoms with Gasteiger partial charge in [-0.25, -0.2) is 0 Å². The molecule has 112 valence electrons. The Morgan fingerprint density at radius 3 is 3.00 bits per heavy atom. The minimum absolute atomic E-state index is 0.476. The van der Waals surface area contributed by atoms with Gasteiger partial charge in [0.25, 0.3) is 0 Å². The van der Waals surface area contributed by atoms with E-state index in [4.69, 9.17) is 0 Å². The van der Waals surface area contributed by atoms with Gasteiger partial charge >= 0.3 is 0 Å². The predicted octanol–water partition coefficient (Wildman–Crippen LogP) is 4.71. The van der Waals surface area contributed by atoms with Gasteiger partial charge in [0.1, 0.15) is 0 Å². The van der Waals surface area contributed by atoms with Gasteiger partial charge in [-0.1, -0.05) is 38.3 Å². The summed E-state index contributed by atoms with van der Waals surface area (Å²) in [6.45, 7) is 2.34. The molecule has 3 unspecified atom stereocenters. The van der Waals surface area contributed by atoms with Crippen LogP contribution in [-0.2, 0) is 0 Å². The first-order valence-corrected chi connectivity index (χ1v) is 8.33. The zero-order valence-electron chi connectivity index (χ0n) is 13.2. The molecular formula is C19H26N2. The molecule has 0 spiro atoms. The molecule has 1 aromatic heterocycles. The lowest BCUT2D eigenvalue weighted by Crippen LogP contribution is -2.29. The van der Waals surface area contributed by atoms with Gasteiger partial charge in [0.05, 0.1) is 5.52 Å². The van der Waals surface area contributed by atoms with Crippen molar-refractivity contribution in [1.82, 2.24) is 10.3 Å². The van der Waals surface area contributed by atoms with E-state index >= 15 is 0 Å². The van der Waals surface area contributed by atoms with Crippen molar-refractivity contribution < 1.29 is 0 Å². The Labute approximate surface area is 128 Å². The summed E-state index contributed by atoms with van der Waals surface area (Å²) in [7, 11) is 2.10. The van der Waals surface area contributed by atoms with Crippen LogP contribution in [0.1, 0.15) is 50.6 Å². The second-order valence-electron chi connectivity index (χ2n) is 6.42. The molecule has 1 aliphatic rings. The maximum absolute atomic E-state index is 4.42. The number of benzene rings is 1. The first-order valence-electron chi connectivity index (χ1n) is 8.33. The third kappa shape index (κ3) is 3.11. The van der Waals surface area contributed by atoms with E-state index in [0.717, 1.165) is 17.4 Å². The summed E-state index contributed by atoms with van der Waals surface area (Å²) in [5.41, 5.74) is 2.51. The van der Waals surface area contributed by atoms with Crippen molar-refractivity contribution in [2.75, 3.05) is 7.05 Å². The molecular weight excluding hydrogens is 256 g/mol. The maximum atomic E-state index is 4.42. The number of hydrogen-bond acceptors (Lipinski definition) is 2. The number of fused-ring (bicyclic) bond motifs is 1. The Kier molecular flexibility index (Phi) is 4.54. The Morgan fingerprint density at radius 2 is 2.19 bits per heavy atom. The molecule has 21 heavy (non-hydrogen) atoms. The maximum Gasteiger partial charge on any atom is 0.0702 e. The molecule has 1 saturated carbocycles. The van der Waals surface area contributed by atoms with E-state index in [2.05, 4.69) is 48.5 Å². The van der Waals surface area contributed by atoms with Crippen LogP contribution in [0.25, 0.3) is 10.9 Å². The average molecular weight is 282 g/mol. The van der Waals surface area contributed by atoms with Gasteiger partial charge in [0.15, 0.2) is 0 Å². The minimum Gasteiger partial charge on any atom is -0.313 e. The van der Waals surface area contributed by atoms with Crippen LogP contribution in [0, 0.1) is 11.8 Å². The van der Waals surface area contributed by atoms with Crippen LogP contribution in [0.2, 0.25) is 0 Å². The Balaban J connectivity index is 1.86. The number of nitrogens with zero attached hydrogens (tertiary/aromatic N) is 1. The number of hydrogen-bond donors (Lipinski definition) is 1. The first-order chi connectivity index (χ1) is 10.3. The zero-order chi connectivity index (χ0) is 14.7. The molecule has 2 aromatic rings. The monoisotopic (exact) mass is 282 g/mol. The van der Waals surface area contributed by atoms with Gasteiger partial charge in [-0.15, -0.1) is 0 Å². The van der Waals surface area contributed by atoms with Gasteiger partial charge in [-0.2, -0.15) is 0 Å². The highest BCUT2D eigenvalue weighted by Crippen LogP contribution is 2.38. The van der Waals surface area contributed by atoms with Gasteiger partial charge < -0.3 is 5.32 Å².